The molecule has 3 atom stereocenters. The van der Waals surface area contributed by atoms with E-state index in [9.17, 15) is 19.5 Å². The van der Waals surface area contributed by atoms with Gasteiger partial charge in [-0.15, -0.1) is 0 Å². The van der Waals surface area contributed by atoms with Gasteiger partial charge in [0.1, 0.15) is 6.04 Å². The Morgan fingerprint density at radius 1 is 0.940 bits per heavy atom. The third-order valence-electron chi connectivity index (χ3n) is 9.23. The van der Waals surface area contributed by atoms with Crippen molar-refractivity contribution >= 4 is 51.1 Å². The van der Waals surface area contributed by atoms with Crippen LogP contribution in [-0.4, -0.2) is 79.5 Å². The first-order valence-electron chi connectivity index (χ1n) is 17.1. The molecule has 2 heterocycles. The molecule has 0 aliphatic rings. The molecule has 10 nitrogen and oxygen atoms in total. The van der Waals surface area contributed by atoms with Gasteiger partial charge >= 0.3 is 5.97 Å². The molecule has 5 rings (SSSR count). The molecule has 0 saturated heterocycles. The SMILES string of the molecule is CC[C@H](C)[C@@H](CN(CC(=O)N[C@@H](CCSC)C(=O)O)Cc1cccc2ccccc12)NC(=O)Cc1cncn1Cc1nccc2ccccc12. The number of carboxylic acids is 1. The van der Waals surface area contributed by atoms with E-state index in [1.54, 1.807) is 18.7 Å². The number of thioether (sulfide) groups is 1. The number of aromatic nitrogens is 3. The monoisotopic (exact) mass is 694 g/mol. The number of carbonyl (C=O) groups excluding carboxylic acids is 2. The number of aliphatic carboxylic acids is 1. The van der Waals surface area contributed by atoms with Crippen LogP contribution in [0.2, 0.25) is 0 Å². The normalized spacial score (nSPS) is 13.3. The van der Waals surface area contributed by atoms with Gasteiger partial charge in [-0.1, -0.05) is 87.0 Å². The number of nitrogens with zero attached hydrogens (tertiary/aromatic N) is 4. The van der Waals surface area contributed by atoms with Crippen LogP contribution in [0.4, 0.5) is 0 Å². The highest BCUT2D eigenvalue weighted by Gasteiger charge is 2.26. The molecular formula is C39H46N6O4S. The third-order valence-corrected chi connectivity index (χ3v) is 9.88. The minimum absolute atomic E-state index is 0.0140. The Hall–Kier alpha value is -4.74. The molecule has 5 aromatic rings. The van der Waals surface area contributed by atoms with Gasteiger partial charge < -0.3 is 20.3 Å². The van der Waals surface area contributed by atoms with Gasteiger partial charge in [-0.05, 0) is 52.1 Å². The molecule has 262 valence electrons. The number of hydrogen-bond acceptors (Lipinski definition) is 7. The lowest BCUT2D eigenvalue weighted by molar-refractivity contribution is -0.142. The summed E-state index contributed by atoms with van der Waals surface area (Å²) in [5.41, 5.74) is 2.73. The highest BCUT2D eigenvalue weighted by molar-refractivity contribution is 7.98. The molecule has 0 fully saturated rings. The molecule has 0 unspecified atom stereocenters. The van der Waals surface area contributed by atoms with E-state index in [4.69, 9.17) is 0 Å². The van der Waals surface area contributed by atoms with Crippen molar-refractivity contribution in [1.82, 2.24) is 30.1 Å². The van der Waals surface area contributed by atoms with Gasteiger partial charge in [0.15, 0.2) is 0 Å². The van der Waals surface area contributed by atoms with Gasteiger partial charge in [-0.3, -0.25) is 19.5 Å². The molecule has 0 saturated carbocycles. The second-order valence-corrected chi connectivity index (χ2v) is 13.8. The summed E-state index contributed by atoms with van der Waals surface area (Å²) in [6.07, 6.45) is 8.45. The van der Waals surface area contributed by atoms with Crippen LogP contribution >= 0.6 is 11.8 Å². The Labute approximate surface area is 297 Å². The molecule has 3 N–H and O–H groups in total. The first-order chi connectivity index (χ1) is 24.2. The number of rotatable bonds is 18. The number of fused-ring (bicyclic) bond motifs is 2. The van der Waals surface area contributed by atoms with Crippen molar-refractivity contribution in [3.8, 4) is 0 Å². The summed E-state index contributed by atoms with van der Waals surface area (Å²) in [5, 5.41) is 20.1. The molecule has 0 bridgehead atoms. The molecule has 3 aromatic carbocycles. The van der Waals surface area contributed by atoms with E-state index < -0.39 is 12.0 Å². The maximum absolute atomic E-state index is 13.7. The summed E-state index contributed by atoms with van der Waals surface area (Å²) in [4.78, 5) is 50.0. The maximum Gasteiger partial charge on any atom is 0.326 e. The van der Waals surface area contributed by atoms with E-state index in [1.807, 2.05) is 58.2 Å². The summed E-state index contributed by atoms with van der Waals surface area (Å²) < 4.78 is 1.96. The van der Waals surface area contributed by atoms with E-state index in [0.717, 1.165) is 44.9 Å². The number of imidazole rings is 1. The Morgan fingerprint density at radius 2 is 1.66 bits per heavy atom. The lowest BCUT2D eigenvalue weighted by Gasteiger charge is -2.31. The predicted molar refractivity (Wildman–Crippen MR) is 200 cm³/mol. The molecule has 0 spiro atoms. The predicted octanol–water partition coefficient (Wildman–Crippen LogP) is 5.53. The topological polar surface area (TPSA) is 129 Å². The zero-order chi connectivity index (χ0) is 35.5. The van der Waals surface area contributed by atoms with E-state index >= 15 is 0 Å². The fraction of sp³-hybridized carbons (Fsp3) is 0.359. The number of carbonyl (C=O) groups is 3. The van der Waals surface area contributed by atoms with Gasteiger partial charge in [0, 0.05) is 42.6 Å². The average molecular weight is 695 g/mol. The van der Waals surface area contributed by atoms with Crippen LogP contribution in [0.25, 0.3) is 21.5 Å². The molecule has 0 radical (unpaired) electrons. The summed E-state index contributed by atoms with van der Waals surface area (Å²) >= 11 is 1.54. The number of carboxylic acid groups (broad SMARTS) is 1. The Balaban J connectivity index is 1.33. The lowest BCUT2D eigenvalue weighted by atomic mass is 9.97. The third kappa shape index (κ3) is 9.70. The van der Waals surface area contributed by atoms with Gasteiger partial charge in [0.05, 0.1) is 31.5 Å². The van der Waals surface area contributed by atoms with Crippen LogP contribution in [0.5, 0.6) is 0 Å². The van der Waals surface area contributed by atoms with Gasteiger partial charge in [-0.2, -0.15) is 11.8 Å². The summed E-state index contributed by atoms with van der Waals surface area (Å²) in [6.45, 7) is 5.51. The van der Waals surface area contributed by atoms with Crippen molar-refractivity contribution < 1.29 is 19.5 Å². The van der Waals surface area contributed by atoms with E-state index in [-0.39, 0.29) is 36.7 Å². The number of pyridine rings is 1. The molecular weight excluding hydrogens is 649 g/mol. The molecule has 2 amide bonds. The molecule has 0 aliphatic heterocycles. The second-order valence-electron chi connectivity index (χ2n) is 12.8. The van der Waals surface area contributed by atoms with Gasteiger partial charge in [-0.25, -0.2) is 9.78 Å². The van der Waals surface area contributed by atoms with Crippen molar-refractivity contribution in [2.75, 3.05) is 25.1 Å². The number of hydrogen-bond donors (Lipinski definition) is 3. The average Bonchev–Trinajstić information content (AvgIpc) is 3.55. The highest BCUT2D eigenvalue weighted by Crippen LogP contribution is 2.22. The van der Waals surface area contributed by atoms with Crippen LogP contribution in [0.15, 0.2) is 91.5 Å². The van der Waals surface area contributed by atoms with E-state index in [2.05, 4.69) is 64.8 Å². The minimum atomic E-state index is -1.05. The van der Waals surface area contributed by atoms with Crippen molar-refractivity contribution in [2.24, 2.45) is 5.92 Å². The first kappa shape index (κ1) is 36.5. The molecule has 2 aromatic heterocycles. The number of amides is 2. The summed E-state index contributed by atoms with van der Waals surface area (Å²) in [5.74, 6) is -0.820. The Kier molecular flexibility index (Phi) is 13.0. The minimum Gasteiger partial charge on any atom is -0.480 e. The van der Waals surface area contributed by atoms with E-state index in [1.165, 1.54) is 11.8 Å². The smallest absolute Gasteiger partial charge is 0.326 e. The van der Waals surface area contributed by atoms with Crippen LogP contribution in [0, 0.1) is 5.92 Å². The van der Waals surface area contributed by atoms with Crippen molar-refractivity contribution in [1.29, 1.82) is 0 Å². The van der Waals surface area contributed by atoms with Crippen LogP contribution in [0.3, 0.4) is 0 Å². The van der Waals surface area contributed by atoms with Crippen LogP contribution in [-0.2, 0) is 33.9 Å². The van der Waals surface area contributed by atoms with Crippen LogP contribution < -0.4 is 10.6 Å². The van der Waals surface area contributed by atoms with Gasteiger partial charge in [0.2, 0.25) is 11.8 Å². The second kappa shape index (κ2) is 17.8. The van der Waals surface area contributed by atoms with E-state index in [0.29, 0.717) is 31.8 Å². The lowest BCUT2D eigenvalue weighted by Crippen LogP contribution is -2.51. The number of nitrogens with one attached hydrogen (secondary N) is 2. The van der Waals surface area contributed by atoms with Crippen LogP contribution in [0.1, 0.15) is 43.6 Å². The number of benzene rings is 3. The van der Waals surface area contributed by atoms with Gasteiger partial charge in [0.25, 0.3) is 0 Å². The zero-order valence-electron chi connectivity index (χ0n) is 28.9. The summed E-state index contributed by atoms with van der Waals surface area (Å²) in [6, 6.07) is 23.1. The first-order valence-corrected chi connectivity index (χ1v) is 18.5. The fourth-order valence-electron chi connectivity index (χ4n) is 6.25. The largest absolute Gasteiger partial charge is 0.480 e. The summed E-state index contributed by atoms with van der Waals surface area (Å²) in [7, 11) is 0. The maximum atomic E-state index is 13.7. The zero-order valence-corrected chi connectivity index (χ0v) is 29.7. The fourth-order valence-corrected chi connectivity index (χ4v) is 6.72. The quantitative estimate of drug-likeness (QED) is 0.109. The van der Waals surface area contributed by atoms with Crippen molar-refractivity contribution in [2.45, 2.75) is 58.3 Å². The molecule has 11 heteroatoms. The molecule has 0 aliphatic carbocycles. The molecule has 50 heavy (non-hydrogen) atoms. The van der Waals surface area contributed by atoms with Crippen molar-refractivity contribution in [3.05, 3.63) is 108 Å². The Bertz CT molecular complexity index is 1900. The standard InChI is InChI=1S/C39H46N6O4S/c1-4-27(2)35(43-37(46)20-31-21-40-26-45(31)24-36-33-15-8-6-11-29(33)16-18-41-36)23-44(25-38(47)42-34(39(48)49)17-19-50-3)22-30-13-9-12-28-10-5-7-14-32(28)30/h5-16,18,21,26-27,34-35H,4,17,19-20,22-25H2,1-3H3,(H,42,47)(H,43,46)(H,48,49)/t27-,34-,35+/m0/s1. The highest BCUT2D eigenvalue weighted by atomic mass is 32.2. The Morgan fingerprint density at radius 3 is 2.40 bits per heavy atom. The van der Waals surface area contributed by atoms with Crippen molar-refractivity contribution in [3.63, 3.8) is 0 Å².